The van der Waals surface area contributed by atoms with Crippen molar-refractivity contribution >= 4 is 11.8 Å². The Hall–Kier alpha value is 0.270. The molecule has 0 aliphatic carbocycles. The largest absolute Gasteiger partial charge is 0.394 e. The van der Waals surface area contributed by atoms with Gasteiger partial charge in [0, 0.05) is 12.4 Å². The lowest BCUT2D eigenvalue weighted by Crippen LogP contribution is -2.21. The van der Waals surface area contributed by atoms with E-state index in [1.807, 2.05) is 11.8 Å². The lowest BCUT2D eigenvalue weighted by molar-refractivity contribution is 0.0260. The van der Waals surface area contributed by atoms with E-state index in [9.17, 15) is 5.11 Å². The van der Waals surface area contributed by atoms with Crippen molar-refractivity contribution in [1.82, 2.24) is 0 Å². The summed E-state index contributed by atoms with van der Waals surface area (Å²) in [5.74, 6) is 2.17. The van der Waals surface area contributed by atoms with E-state index < -0.39 is 0 Å². The van der Waals surface area contributed by atoms with Crippen molar-refractivity contribution in [2.75, 3.05) is 24.7 Å². The maximum atomic E-state index is 9.51. The van der Waals surface area contributed by atoms with Gasteiger partial charge in [-0.15, -0.1) is 0 Å². The zero-order chi connectivity index (χ0) is 21.3. The Kier molecular flexibility index (Phi) is 26.6. The number of unbranched alkanes of at least 4 members (excludes halogenated alkanes) is 17. The summed E-state index contributed by atoms with van der Waals surface area (Å²) in [6.45, 7) is 5.55. The summed E-state index contributed by atoms with van der Waals surface area (Å²) in [5.41, 5.74) is 0. The van der Waals surface area contributed by atoms with Crippen LogP contribution in [0.25, 0.3) is 0 Å². The molecule has 0 aromatic rings. The lowest BCUT2D eigenvalue weighted by Gasteiger charge is -2.15. The monoisotopic (exact) mass is 430 g/mol. The zero-order valence-electron chi connectivity index (χ0n) is 20.1. The van der Waals surface area contributed by atoms with Crippen molar-refractivity contribution in [3.63, 3.8) is 0 Å². The van der Waals surface area contributed by atoms with Gasteiger partial charge in [-0.2, -0.15) is 11.8 Å². The molecule has 1 N–H and O–H groups in total. The molecule has 0 amide bonds. The first kappa shape index (κ1) is 29.3. The number of ether oxygens (including phenoxy) is 1. The van der Waals surface area contributed by atoms with Crippen LogP contribution in [0.3, 0.4) is 0 Å². The van der Waals surface area contributed by atoms with E-state index >= 15 is 0 Å². The standard InChI is InChI=1S/C26H54O2S/c1-3-5-7-9-11-13-15-17-19-21-23-29-25-26(24-27)28-22-20-18-16-14-12-10-8-6-4-2/h26-27H,3-25H2,1-2H3. The molecule has 0 aromatic heterocycles. The van der Waals surface area contributed by atoms with Crippen molar-refractivity contribution in [3.8, 4) is 0 Å². The van der Waals surface area contributed by atoms with Crippen LogP contribution in [0, 0.1) is 0 Å². The van der Waals surface area contributed by atoms with Gasteiger partial charge in [-0.05, 0) is 18.6 Å². The summed E-state index contributed by atoms with van der Waals surface area (Å²) in [6.07, 6.45) is 26.1. The Balaban J connectivity index is 3.27. The Morgan fingerprint density at radius 3 is 1.45 bits per heavy atom. The number of hydrogen-bond acceptors (Lipinski definition) is 3. The van der Waals surface area contributed by atoms with E-state index in [1.54, 1.807) is 0 Å². The van der Waals surface area contributed by atoms with Crippen molar-refractivity contribution in [2.24, 2.45) is 0 Å². The molecule has 0 aromatic carbocycles. The van der Waals surface area contributed by atoms with Gasteiger partial charge in [0.2, 0.25) is 0 Å². The molecule has 0 radical (unpaired) electrons. The number of hydrogen-bond donors (Lipinski definition) is 1. The predicted octanol–water partition coefficient (Wildman–Crippen LogP) is 8.55. The number of thioether (sulfide) groups is 1. The van der Waals surface area contributed by atoms with Gasteiger partial charge in [-0.1, -0.05) is 123 Å². The van der Waals surface area contributed by atoms with Gasteiger partial charge in [-0.25, -0.2) is 0 Å². The van der Waals surface area contributed by atoms with Crippen molar-refractivity contribution in [3.05, 3.63) is 0 Å². The second kappa shape index (κ2) is 26.3. The molecule has 0 rings (SSSR count). The summed E-state index contributed by atoms with van der Waals surface area (Å²) < 4.78 is 5.88. The molecular formula is C26H54O2S. The van der Waals surface area contributed by atoms with Gasteiger partial charge in [0.05, 0.1) is 12.7 Å². The average Bonchev–Trinajstić information content (AvgIpc) is 2.74. The molecule has 3 heteroatoms. The molecule has 1 unspecified atom stereocenters. The van der Waals surface area contributed by atoms with Gasteiger partial charge < -0.3 is 9.84 Å². The minimum absolute atomic E-state index is 0.0390. The summed E-state index contributed by atoms with van der Waals surface area (Å²) >= 11 is 1.96. The molecule has 0 heterocycles. The highest BCUT2D eigenvalue weighted by atomic mass is 32.2. The fourth-order valence-corrected chi connectivity index (χ4v) is 4.76. The van der Waals surface area contributed by atoms with Crippen molar-refractivity contribution in [1.29, 1.82) is 0 Å². The van der Waals surface area contributed by atoms with Crippen LogP contribution in [0.15, 0.2) is 0 Å². The Labute approximate surface area is 188 Å². The van der Waals surface area contributed by atoms with Crippen LogP contribution in [0.4, 0.5) is 0 Å². The minimum Gasteiger partial charge on any atom is -0.394 e. The van der Waals surface area contributed by atoms with E-state index in [0.717, 1.165) is 18.8 Å². The molecule has 0 spiro atoms. The van der Waals surface area contributed by atoms with Crippen LogP contribution >= 0.6 is 11.8 Å². The van der Waals surface area contributed by atoms with Gasteiger partial charge in [0.1, 0.15) is 0 Å². The van der Waals surface area contributed by atoms with Gasteiger partial charge in [-0.3, -0.25) is 0 Å². The van der Waals surface area contributed by atoms with Gasteiger partial charge >= 0.3 is 0 Å². The van der Waals surface area contributed by atoms with E-state index in [0.29, 0.717) is 0 Å². The number of aliphatic hydroxyl groups is 1. The first-order valence-electron chi connectivity index (χ1n) is 13.1. The van der Waals surface area contributed by atoms with Crippen LogP contribution in [0.2, 0.25) is 0 Å². The molecule has 1 atom stereocenters. The van der Waals surface area contributed by atoms with Gasteiger partial charge in [0.15, 0.2) is 0 Å². The molecule has 2 nitrogen and oxygen atoms in total. The van der Waals surface area contributed by atoms with Crippen LogP contribution < -0.4 is 0 Å². The topological polar surface area (TPSA) is 29.5 Å². The SMILES string of the molecule is CCCCCCCCCCCCSCC(CO)OCCCCCCCCCCC. The normalized spacial score (nSPS) is 12.5. The van der Waals surface area contributed by atoms with Crippen LogP contribution in [-0.4, -0.2) is 35.9 Å². The summed E-state index contributed by atoms with van der Waals surface area (Å²) in [7, 11) is 0. The maximum absolute atomic E-state index is 9.51. The van der Waals surface area contributed by atoms with E-state index in [2.05, 4.69) is 13.8 Å². The maximum Gasteiger partial charge on any atom is 0.0895 e. The highest BCUT2D eigenvalue weighted by molar-refractivity contribution is 7.99. The molecule has 0 saturated heterocycles. The lowest BCUT2D eigenvalue weighted by atomic mass is 10.1. The fourth-order valence-electron chi connectivity index (χ4n) is 3.72. The Bertz CT molecular complexity index is 286. The predicted molar refractivity (Wildman–Crippen MR) is 133 cm³/mol. The molecule has 0 aliphatic heterocycles. The molecule has 0 saturated carbocycles. The third-order valence-corrected chi connectivity index (χ3v) is 6.94. The van der Waals surface area contributed by atoms with Crippen molar-refractivity contribution < 1.29 is 9.84 Å². The Morgan fingerprint density at radius 1 is 0.586 bits per heavy atom. The zero-order valence-corrected chi connectivity index (χ0v) is 20.9. The Morgan fingerprint density at radius 2 is 1.00 bits per heavy atom. The van der Waals surface area contributed by atoms with E-state index in [4.69, 9.17) is 4.74 Å². The average molecular weight is 431 g/mol. The van der Waals surface area contributed by atoms with Crippen molar-refractivity contribution in [2.45, 2.75) is 142 Å². The quantitative estimate of drug-likeness (QED) is 0.147. The van der Waals surface area contributed by atoms with E-state index in [-0.39, 0.29) is 12.7 Å². The molecule has 0 fully saturated rings. The second-order valence-electron chi connectivity index (χ2n) is 8.76. The molecule has 29 heavy (non-hydrogen) atoms. The molecular weight excluding hydrogens is 376 g/mol. The second-order valence-corrected chi connectivity index (χ2v) is 9.91. The van der Waals surface area contributed by atoms with Crippen LogP contribution in [0.1, 0.15) is 136 Å². The third kappa shape index (κ3) is 24.4. The highest BCUT2D eigenvalue weighted by Gasteiger charge is 2.07. The molecule has 0 aliphatic rings. The first-order valence-corrected chi connectivity index (χ1v) is 14.3. The number of aliphatic hydroxyl groups excluding tert-OH is 1. The summed E-state index contributed by atoms with van der Waals surface area (Å²) in [4.78, 5) is 0. The molecule has 176 valence electrons. The number of rotatable bonds is 25. The van der Waals surface area contributed by atoms with Crippen LogP contribution in [-0.2, 0) is 4.74 Å². The van der Waals surface area contributed by atoms with E-state index in [1.165, 1.54) is 121 Å². The summed E-state index contributed by atoms with van der Waals surface area (Å²) in [5, 5.41) is 9.51. The first-order chi connectivity index (χ1) is 14.3. The van der Waals surface area contributed by atoms with Gasteiger partial charge in [0.25, 0.3) is 0 Å². The minimum atomic E-state index is 0.0390. The van der Waals surface area contributed by atoms with Crippen LogP contribution in [0.5, 0.6) is 0 Å². The fraction of sp³-hybridized carbons (Fsp3) is 1.00. The third-order valence-electron chi connectivity index (χ3n) is 5.75. The highest BCUT2D eigenvalue weighted by Crippen LogP contribution is 2.14. The summed E-state index contributed by atoms with van der Waals surface area (Å²) in [6, 6.07) is 0. The molecule has 0 bridgehead atoms. The smallest absolute Gasteiger partial charge is 0.0895 e.